The molecular formula is C4H3NO4. The third kappa shape index (κ3) is 0.835. The van der Waals surface area contributed by atoms with Gasteiger partial charge in [-0.05, 0) is 0 Å². The zero-order valence-electron chi connectivity index (χ0n) is 4.25. The van der Waals surface area contributed by atoms with Crippen molar-refractivity contribution in [2.75, 3.05) is 0 Å². The maximum Gasteiger partial charge on any atom is 0.419 e. The zero-order chi connectivity index (χ0) is 6.85. The van der Waals surface area contributed by atoms with E-state index >= 15 is 0 Å². The molecule has 5 nitrogen and oxygen atoms in total. The van der Waals surface area contributed by atoms with Gasteiger partial charge in [-0.3, -0.25) is 9.78 Å². The maximum atomic E-state index is 10.1. The molecule has 0 bridgehead atoms. The molecule has 0 saturated heterocycles. The fourth-order valence-corrected chi connectivity index (χ4v) is 0.412. The van der Waals surface area contributed by atoms with Crippen LogP contribution in [0.5, 0.6) is 5.95 Å². The van der Waals surface area contributed by atoms with Crippen molar-refractivity contribution in [3.05, 3.63) is 16.2 Å². The summed E-state index contributed by atoms with van der Waals surface area (Å²) >= 11 is 0. The van der Waals surface area contributed by atoms with E-state index < -0.39 is 11.7 Å². The van der Waals surface area contributed by atoms with E-state index in [2.05, 4.69) is 4.42 Å². The minimum absolute atomic E-state index is 0.236. The Kier molecular flexibility index (Phi) is 1.11. The number of carbonyl (C=O) groups excluding carboxylic acids is 1. The number of hydrogen-bond donors (Lipinski definition) is 2. The smallest absolute Gasteiger partial charge is 0.419 e. The Balaban J connectivity index is 3.31. The summed E-state index contributed by atoms with van der Waals surface area (Å²) in [6.07, 6.45) is 0.292. The number of oxazole rings is 1. The SMILES string of the molecule is O=Cc1[nH]c(=O)oc1O. The highest BCUT2D eigenvalue weighted by molar-refractivity contribution is 5.74. The summed E-state index contributed by atoms with van der Waals surface area (Å²) < 4.78 is 4.02. The summed E-state index contributed by atoms with van der Waals surface area (Å²) in [7, 11) is 0. The van der Waals surface area contributed by atoms with Crippen molar-refractivity contribution in [3.8, 4) is 5.95 Å². The molecule has 0 unspecified atom stereocenters. The van der Waals surface area contributed by atoms with Crippen LogP contribution in [0.4, 0.5) is 0 Å². The fraction of sp³-hybridized carbons (Fsp3) is 0. The average molecular weight is 129 g/mol. The molecule has 9 heavy (non-hydrogen) atoms. The van der Waals surface area contributed by atoms with Crippen LogP contribution in [0.1, 0.15) is 10.5 Å². The number of rotatable bonds is 1. The van der Waals surface area contributed by atoms with Crippen LogP contribution in [0.2, 0.25) is 0 Å². The van der Waals surface area contributed by atoms with E-state index in [0.29, 0.717) is 6.29 Å². The summed E-state index contributed by atoms with van der Waals surface area (Å²) in [6, 6.07) is 0. The van der Waals surface area contributed by atoms with Gasteiger partial charge >= 0.3 is 11.7 Å². The third-order valence-electron chi connectivity index (χ3n) is 0.774. The predicted molar refractivity (Wildman–Crippen MR) is 26.4 cm³/mol. The lowest BCUT2D eigenvalue weighted by molar-refractivity contribution is 0.111. The van der Waals surface area contributed by atoms with Crippen LogP contribution in [0.25, 0.3) is 0 Å². The lowest BCUT2D eigenvalue weighted by Gasteiger charge is -1.75. The highest BCUT2D eigenvalue weighted by Crippen LogP contribution is 2.06. The molecule has 0 saturated carbocycles. The van der Waals surface area contributed by atoms with Gasteiger partial charge in [-0.15, -0.1) is 0 Å². The van der Waals surface area contributed by atoms with Gasteiger partial charge in [0.2, 0.25) is 0 Å². The van der Waals surface area contributed by atoms with Gasteiger partial charge in [0.05, 0.1) is 0 Å². The average Bonchev–Trinajstić information content (AvgIpc) is 2.10. The molecule has 0 atom stereocenters. The molecule has 0 fully saturated rings. The topological polar surface area (TPSA) is 83.3 Å². The Morgan fingerprint density at radius 2 is 2.33 bits per heavy atom. The number of H-pyrrole nitrogens is 1. The Labute approximate surface area is 48.9 Å². The first-order chi connectivity index (χ1) is 4.24. The van der Waals surface area contributed by atoms with E-state index in [4.69, 9.17) is 5.11 Å². The predicted octanol–water partition coefficient (Wildman–Crippen LogP) is -0.514. The quantitative estimate of drug-likeness (QED) is 0.500. The molecule has 0 aliphatic carbocycles. The van der Waals surface area contributed by atoms with E-state index in [0.717, 1.165) is 0 Å². The standard InChI is InChI=1S/C4H3NO4/c6-1-2-3(7)9-4(8)5-2/h1,7H,(H,5,8). The lowest BCUT2D eigenvalue weighted by atomic mass is 10.5. The highest BCUT2D eigenvalue weighted by Gasteiger charge is 2.04. The number of nitrogens with one attached hydrogen (secondary N) is 1. The molecule has 0 amide bonds. The largest absolute Gasteiger partial charge is 0.479 e. The van der Waals surface area contributed by atoms with Crippen molar-refractivity contribution >= 4 is 6.29 Å². The molecule has 1 rings (SSSR count). The normalized spacial score (nSPS) is 9.33. The Morgan fingerprint density at radius 1 is 1.67 bits per heavy atom. The summed E-state index contributed by atoms with van der Waals surface area (Å²) in [4.78, 5) is 21.9. The minimum atomic E-state index is -0.838. The van der Waals surface area contributed by atoms with E-state index in [-0.39, 0.29) is 5.69 Å². The second-order valence-electron chi connectivity index (χ2n) is 1.35. The highest BCUT2D eigenvalue weighted by atomic mass is 16.5. The van der Waals surface area contributed by atoms with Gasteiger partial charge in [0.1, 0.15) is 0 Å². The number of aldehydes is 1. The molecule has 0 aliphatic heterocycles. The van der Waals surface area contributed by atoms with Gasteiger partial charge in [0.25, 0.3) is 0 Å². The molecule has 0 aliphatic rings. The van der Waals surface area contributed by atoms with Gasteiger partial charge in [0.15, 0.2) is 12.0 Å². The molecular weight excluding hydrogens is 126 g/mol. The van der Waals surface area contributed by atoms with Crippen LogP contribution in [0, 0.1) is 0 Å². The van der Waals surface area contributed by atoms with E-state index in [1.54, 1.807) is 0 Å². The van der Waals surface area contributed by atoms with E-state index in [1.165, 1.54) is 0 Å². The molecule has 48 valence electrons. The molecule has 0 spiro atoms. The van der Waals surface area contributed by atoms with Crippen molar-refractivity contribution in [2.45, 2.75) is 0 Å². The first-order valence-electron chi connectivity index (χ1n) is 2.11. The molecule has 0 radical (unpaired) electrons. The monoisotopic (exact) mass is 129 g/mol. The third-order valence-corrected chi connectivity index (χ3v) is 0.774. The number of aromatic amines is 1. The Hall–Kier alpha value is -1.52. The number of hydrogen-bond acceptors (Lipinski definition) is 4. The molecule has 5 heteroatoms. The molecule has 1 heterocycles. The molecule has 0 aromatic carbocycles. The van der Waals surface area contributed by atoms with E-state index in [9.17, 15) is 9.59 Å². The van der Waals surface area contributed by atoms with Crippen LogP contribution in [-0.4, -0.2) is 16.4 Å². The Bertz CT molecular complexity index is 270. The molecule has 1 aromatic heterocycles. The van der Waals surface area contributed by atoms with E-state index in [1.807, 2.05) is 4.98 Å². The lowest BCUT2D eigenvalue weighted by Crippen LogP contribution is -1.95. The summed E-state index contributed by atoms with van der Waals surface area (Å²) in [5.41, 5.74) is -0.236. The number of aromatic nitrogens is 1. The first kappa shape index (κ1) is 5.61. The number of aromatic hydroxyl groups is 1. The van der Waals surface area contributed by atoms with Gasteiger partial charge in [-0.2, -0.15) is 0 Å². The summed E-state index contributed by atoms with van der Waals surface area (Å²) in [5.74, 6) is -1.51. The minimum Gasteiger partial charge on any atom is -0.479 e. The van der Waals surface area contributed by atoms with Crippen LogP contribution in [0.15, 0.2) is 9.21 Å². The molecule has 1 aromatic rings. The van der Waals surface area contributed by atoms with Crippen molar-refractivity contribution < 1.29 is 14.3 Å². The van der Waals surface area contributed by atoms with Crippen LogP contribution in [-0.2, 0) is 0 Å². The van der Waals surface area contributed by atoms with Crippen LogP contribution >= 0.6 is 0 Å². The van der Waals surface area contributed by atoms with Crippen molar-refractivity contribution in [3.63, 3.8) is 0 Å². The summed E-state index contributed by atoms with van der Waals surface area (Å²) in [5, 5.41) is 8.50. The first-order valence-corrected chi connectivity index (χ1v) is 2.11. The molecule has 2 N–H and O–H groups in total. The van der Waals surface area contributed by atoms with Gasteiger partial charge in [-0.1, -0.05) is 0 Å². The maximum absolute atomic E-state index is 10.1. The van der Waals surface area contributed by atoms with Crippen molar-refractivity contribution in [2.24, 2.45) is 0 Å². The second-order valence-corrected chi connectivity index (χ2v) is 1.35. The van der Waals surface area contributed by atoms with Crippen LogP contribution < -0.4 is 5.76 Å². The Morgan fingerprint density at radius 3 is 2.56 bits per heavy atom. The zero-order valence-corrected chi connectivity index (χ0v) is 4.25. The van der Waals surface area contributed by atoms with Gasteiger partial charge < -0.3 is 9.52 Å². The fourth-order valence-electron chi connectivity index (χ4n) is 0.412. The summed E-state index contributed by atoms with van der Waals surface area (Å²) in [6.45, 7) is 0. The van der Waals surface area contributed by atoms with Gasteiger partial charge in [-0.25, -0.2) is 4.79 Å². The second kappa shape index (κ2) is 1.77. The van der Waals surface area contributed by atoms with Crippen LogP contribution in [0.3, 0.4) is 0 Å². The van der Waals surface area contributed by atoms with Crippen molar-refractivity contribution in [1.82, 2.24) is 4.98 Å². The van der Waals surface area contributed by atoms with Crippen molar-refractivity contribution in [1.29, 1.82) is 0 Å². The number of carbonyl (C=O) groups is 1. The van der Waals surface area contributed by atoms with Gasteiger partial charge in [0, 0.05) is 0 Å².